The minimum atomic E-state index is -3.45. The summed E-state index contributed by atoms with van der Waals surface area (Å²) in [6, 6.07) is 9.44. The Kier molecular flexibility index (Phi) is 5.35. The highest BCUT2D eigenvalue weighted by atomic mass is 32.2. The standard InChI is InChI=1S/C18H24N4O2S2/c23-26(24,18-5-3-16(4-6-18)22-11-1-8-19-22)21-10-2-9-20(12-13-21)17-7-14-25-15-17/h1,3-6,8,11,17H,2,7,9-10,12-15H2. The van der Waals surface area contributed by atoms with Gasteiger partial charge in [0.05, 0.1) is 10.6 Å². The van der Waals surface area contributed by atoms with Crippen LogP contribution in [0.25, 0.3) is 5.69 Å². The molecule has 1 aromatic carbocycles. The molecular formula is C18H24N4O2S2. The summed E-state index contributed by atoms with van der Waals surface area (Å²) < 4.78 is 29.5. The Labute approximate surface area is 159 Å². The normalized spacial score (nSPS) is 23.2. The third-order valence-electron chi connectivity index (χ3n) is 5.15. The van der Waals surface area contributed by atoms with Crippen molar-refractivity contribution < 1.29 is 8.42 Å². The van der Waals surface area contributed by atoms with Gasteiger partial charge in [0.1, 0.15) is 0 Å². The van der Waals surface area contributed by atoms with E-state index in [1.807, 2.05) is 24.0 Å². The summed E-state index contributed by atoms with van der Waals surface area (Å²) >= 11 is 2.01. The number of thioether (sulfide) groups is 1. The van der Waals surface area contributed by atoms with E-state index in [9.17, 15) is 8.42 Å². The molecule has 1 atom stereocenters. The maximum absolute atomic E-state index is 13.0. The first-order chi connectivity index (χ1) is 12.6. The number of hydrogen-bond donors (Lipinski definition) is 0. The molecule has 0 spiro atoms. The van der Waals surface area contributed by atoms with Crippen LogP contribution >= 0.6 is 11.8 Å². The van der Waals surface area contributed by atoms with Crippen LogP contribution < -0.4 is 0 Å². The molecule has 1 unspecified atom stereocenters. The second kappa shape index (κ2) is 7.72. The minimum absolute atomic E-state index is 0.360. The van der Waals surface area contributed by atoms with Crippen LogP contribution in [-0.2, 0) is 10.0 Å². The molecule has 2 fully saturated rings. The van der Waals surface area contributed by atoms with Crippen molar-refractivity contribution in [3.05, 3.63) is 42.7 Å². The molecule has 2 saturated heterocycles. The first kappa shape index (κ1) is 18.0. The fraction of sp³-hybridized carbons (Fsp3) is 0.500. The summed E-state index contributed by atoms with van der Waals surface area (Å²) in [6.45, 7) is 3.00. The van der Waals surface area contributed by atoms with Crippen LogP contribution in [0.3, 0.4) is 0 Å². The molecule has 2 aromatic rings. The lowest BCUT2D eigenvalue weighted by Crippen LogP contribution is -2.39. The van der Waals surface area contributed by atoms with Gasteiger partial charge in [0, 0.05) is 43.8 Å². The molecule has 0 amide bonds. The first-order valence-corrected chi connectivity index (χ1v) is 11.7. The van der Waals surface area contributed by atoms with Crippen LogP contribution in [0.5, 0.6) is 0 Å². The highest BCUT2D eigenvalue weighted by Gasteiger charge is 2.30. The van der Waals surface area contributed by atoms with Gasteiger partial charge in [-0.2, -0.15) is 21.2 Å². The summed E-state index contributed by atoms with van der Waals surface area (Å²) in [5.74, 6) is 2.41. The molecule has 0 radical (unpaired) electrons. The van der Waals surface area contributed by atoms with Crippen molar-refractivity contribution in [2.24, 2.45) is 0 Å². The van der Waals surface area contributed by atoms with E-state index in [1.165, 1.54) is 17.9 Å². The molecule has 1 aromatic heterocycles. The number of rotatable bonds is 4. The van der Waals surface area contributed by atoms with Crippen molar-refractivity contribution in [1.82, 2.24) is 19.0 Å². The molecule has 2 aliphatic rings. The van der Waals surface area contributed by atoms with Crippen LogP contribution in [0, 0.1) is 0 Å². The third-order valence-corrected chi connectivity index (χ3v) is 8.21. The first-order valence-electron chi connectivity index (χ1n) is 9.07. The lowest BCUT2D eigenvalue weighted by molar-refractivity contribution is 0.223. The molecule has 0 N–H and O–H groups in total. The van der Waals surface area contributed by atoms with Crippen molar-refractivity contribution in [2.75, 3.05) is 37.7 Å². The fourth-order valence-corrected chi connectivity index (χ4v) is 6.40. The van der Waals surface area contributed by atoms with E-state index in [2.05, 4.69) is 10.00 Å². The zero-order valence-corrected chi connectivity index (χ0v) is 16.3. The molecular weight excluding hydrogens is 368 g/mol. The van der Waals surface area contributed by atoms with E-state index in [0.29, 0.717) is 24.0 Å². The van der Waals surface area contributed by atoms with E-state index in [1.54, 1.807) is 39.4 Å². The Bertz CT molecular complexity index is 815. The Balaban J connectivity index is 1.47. The zero-order chi connectivity index (χ0) is 18.0. The Morgan fingerprint density at radius 3 is 2.62 bits per heavy atom. The van der Waals surface area contributed by atoms with Gasteiger partial charge in [-0.3, -0.25) is 4.90 Å². The zero-order valence-electron chi connectivity index (χ0n) is 14.7. The van der Waals surface area contributed by atoms with Gasteiger partial charge in [-0.05, 0) is 55.5 Å². The average molecular weight is 393 g/mol. The molecule has 0 saturated carbocycles. The molecule has 8 heteroatoms. The molecule has 140 valence electrons. The van der Waals surface area contributed by atoms with E-state index < -0.39 is 10.0 Å². The van der Waals surface area contributed by atoms with Crippen LogP contribution in [0.2, 0.25) is 0 Å². The highest BCUT2D eigenvalue weighted by molar-refractivity contribution is 7.99. The lowest BCUT2D eigenvalue weighted by Gasteiger charge is -2.26. The number of aromatic nitrogens is 2. The largest absolute Gasteiger partial charge is 0.298 e. The van der Waals surface area contributed by atoms with Crippen LogP contribution in [0.4, 0.5) is 0 Å². The Hall–Kier alpha value is -1.35. The van der Waals surface area contributed by atoms with Crippen molar-refractivity contribution in [3.8, 4) is 5.69 Å². The maximum atomic E-state index is 13.0. The van der Waals surface area contributed by atoms with E-state index in [-0.39, 0.29) is 0 Å². The smallest absolute Gasteiger partial charge is 0.243 e. The van der Waals surface area contributed by atoms with Gasteiger partial charge in [0.15, 0.2) is 0 Å². The fourth-order valence-electron chi connectivity index (χ4n) is 3.67. The number of sulfonamides is 1. The second-order valence-electron chi connectivity index (χ2n) is 6.76. The minimum Gasteiger partial charge on any atom is -0.298 e. The molecule has 6 nitrogen and oxygen atoms in total. The van der Waals surface area contributed by atoms with Crippen LogP contribution in [0.15, 0.2) is 47.6 Å². The predicted molar refractivity (Wildman–Crippen MR) is 104 cm³/mol. The van der Waals surface area contributed by atoms with Gasteiger partial charge in [0.2, 0.25) is 10.0 Å². The number of hydrogen-bond acceptors (Lipinski definition) is 5. The van der Waals surface area contributed by atoms with Gasteiger partial charge in [-0.1, -0.05) is 0 Å². The summed E-state index contributed by atoms with van der Waals surface area (Å²) in [7, 11) is -3.45. The van der Waals surface area contributed by atoms with Crippen LogP contribution in [-0.4, -0.2) is 71.1 Å². The van der Waals surface area contributed by atoms with Gasteiger partial charge in [0.25, 0.3) is 0 Å². The average Bonchev–Trinajstić information content (AvgIpc) is 3.32. The molecule has 0 bridgehead atoms. The molecule has 2 aliphatic heterocycles. The van der Waals surface area contributed by atoms with Crippen LogP contribution in [0.1, 0.15) is 12.8 Å². The van der Waals surface area contributed by atoms with E-state index >= 15 is 0 Å². The topological polar surface area (TPSA) is 58.4 Å². The van der Waals surface area contributed by atoms with Crippen molar-refractivity contribution in [2.45, 2.75) is 23.8 Å². The monoisotopic (exact) mass is 392 g/mol. The molecule has 26 heavy (non-hydrogen) atoms. The summed E-state index contributed by atoms with van der Waals surface area (Å²) in [4.78, 5) is 2.84. The number of nitrogens with zero attached hydrogens (tertiary/aromatic N) is 4. The van der Waals surface area contributed by atoms with Gasteiger partial charge >= 0.3 is 0 Å². The van der Waals surface area contributed by atoms with Crippen molar-refractivity contribution >= 4 is 21.8 Å². The van der Waals surface area contributed by atoms with Crippen molar-refractivity contribution in [1.29, 1.82) is 0 Å². The lowest BCUT2D eigenvalue weighted by atomic mass is 10.2. The molecule has 3 heterocycles. The summed E-state index contributed by atoms with van der Waals surface area (Å²) in [5.41, 5.74) is 0.856. The van der Waals surface area contributed by atoms with Gasteiger partial charge in [-0.15, -0.1) is 0 Å². The molecule has 0 aliphatic carbocycles. The highest BCUT2D eigenvalue weighted by Crippen LogP contribution is 2.25. The maximum Gasteiger partial charge on any atom is 0.243 e. The third kappa shape index (κ3) is 3.69. The van der Waals surface area contributed by atoms with Gasteiger partial charge in [-0.25, -0.2) is 13.1 Å². The van der Waals surface area contributed by atoms with Crippen molar-refractivity contribution in [3.63, 3.8) is 0 Å². The summed E-state index contributed by atoms with van der Waals surface area (Å²) in [5, 5.41) is 4.18. The quantitative estimate of drug-likeness (QED) is 0.797. The summed E-state index contributed by atoms with van der Waals surface area (Å²) in [6.07, 6.45) is 5.67. The van der Waals surface area contributed by atoms with Gasteiger partial charge < -0.3 is 0 Å². The number of benzene rings is 1. The molecule has 4 rings (SSSR count). The van der Waals surface area contributed by atoms with E-state index in [4.69, 9.17) is 0 Å². The second-order valence-corrected chi connectivity index (χ2v) is 9.84. The Morgan fingerprint density at radius 1 is 1.08 bits per heavy atom. The van der Waals surface area contributed by atoms with E-state index in [0.717, 1.165) is 25.2 Å². The predicted octanol–water partition coefficient (Wildman–Crippen LogP) is 2.07. The SMILES string of the molecule is O=S(=O)(c1ccc(-n2cccn2)cc1)N1CCCN(C2CCSC2)CC1. The Morgan fingerprint density at radius 2 is 1.92 bits per heavy atom.